The average molecular weight is 548 g/mol. The van der Waals surface area contributed by atoms with Gasteiger partial charge in [-0.2, -0.15) is 8.78 Å². The number of aliphatic imine (C=N–C) groups is 1. The van der Waals surface area contributed by atoms with Crippen LogP contribution in [0.15, 0.2) is 47.5 Å². The van der Waals surface area contributed by atoms with Gasteiger partial charge in [-0.1, -0.05) is 24.3 Å². The molecule has 0 heterocycles. The molecule has 172 valence electrons. The van der Waals surface area contributed by atoms with E-state index < -0.39 is 6.61 Å². The molecule has 0 spiro atoms. The van der Waals surface area contributed by atoms with E-state index in [0.29, 0.717) is 30.4 Å². The Hall–Kier alpha value is -2.14. The molecule has 2 N–H and O–H groups in total. The predicted octanol–water partition coefficient (Wildman–Crippen LogP) is 4.23. The lowest BCUT2D eigenvalue weighted by molar-refractivity contribution is -0.0504. The van der Waals surface area contributed by atoms with Gasteiger partial charge in [0.25, 0.3) is 0 Å². The lowest BCUT2D eigenvalue weighted by Gasteiger charge is -2.17. The first kappa shape index (κ1) is 26.9. The predicted molar refractivity (Wildman–Crippen MR) is 131 cm³/mol. The summed E-state index contributed by atoms with van der Waals surface area (Å²) in [4.78, 5) is 6.65. The second-order valence-corrected chi connectivity index (χ2v) is 6.91. The van der Waals surface area contributed by atoms with Crippen LogP contribution in [0.4, 0.5) is 8.78 Å². The highest BCUT2D eigenvalue weighted by molar-refractivity contribution is 14.0. The highest BCUT2D eigenvalue weighted by Crippen LogP contribution is 2.26. The Morgan fingerprint density at radius 2 is 1.77 bits per heavy atom. The number of halogens is 3. The molecule has 0 aliphatic heterocycles. The van der Waals surface area contributed by atoms with Gasteiger partial charge in [-0.25, -0.2) is 4.99 Å². The number of hydrogen-bond acceptors (Lipinski definition) is 4. The van der Waals surface area contributed by atoms with E-state index in [1.807, 2.05) is 33.2 Å². The van der Waals surface area contributed by atoms with Gasteiger partial charge in [0.15, 0.2) is 5.96 Å². The van der Waals surface area contributed by atoms with E-state index >= 15 is 0 Å². The smallest absolute Gasteiger partial charge is 0.387 e. The highest BCUT2D eigenvalue weighted by atomic mass is 127. The topological polar surface area (TPSA) is 58.1 Å². The molecule has 0 fully saturated rings. The van der Waals surface area contributed by atoms with Gasteiger partial charge in [0.05, 0.1) is 13.7 Å². The molecule has 0 saturated heterocycles. The molecular weight excluding hydrogens is 517 g/mol. The van der Waals surface area contributed by atoms with Crippen molar-refractivity contribution in [3.8, 4) is 11.5 Å². The van der Waals surface area contributed by atoms with E-state index in [4.69, 9.17) is 4.74 Å². The van der Waals surface area contributed by atoms with Gasteiger partial charge in [-0.05, 0) is 50.3 Å². The summed E-state index contributed by atoms with van der Waals surface area (Å²) in [6.07, 6.45) is 0. The molecule has 0 radical (unpaired) electrons. The van der Waals surface area contributed by atoms with Crippen molar-refractivity contribution in [2.24, 2.45) is 4.99 Å². The van der Waals surface area contributed by atoms with Crippen molar-refractivity contribution in [2.45, 2.75) is 33.2 Å². The monoisotopic (exact) mass is 548 g/mol. The van der Waals surface area contributed by atoms with Crippen LogP contribution in [0.1, 0.15) is 23.6 Å². The van der Waals surface area contributed by atoms with E-state index in [1.54, 1.807) is 12.1 Å². The molecule has 6 nitrogen and oxygen atoms in total. The molecule has 31 heavy (non-hydrogen) atoms. The van der Waals surface area contributed by atoms with Crippen molar-refractivity contribution in [3.63, 3.8) is 0 Å². The minimum atomic E-state index is -2.90. The summed E-state index contributed by atoms with van der Waals surface area (Å²) in [5.41, 5.74) is 2.91. The van der Waals surface area contributed by atoms with Gasteiger partial charge in [-0.15, -0.1) is 24.0 Å². The van der Waals surface area contributed by atoms with Crippen molar-refractivity contribution in [1.82, 2.24) is 15.5 Å². The number of nitrogens with one attached hydrogen (secondary N) is 2. The standard InChI is InChI=1S/C22H30F2N4O2.HI/c1-5-25-22(26-13-16-8-6-7-9-17(16)15-28(2)3)27-14-18-12-19(29-4)10-11-20(18)30-21(23)24;/h6-12,21H,5,13-15H2,1-4H3,(H2,25,26,27);1H. The fraction of sp³-hybridized carbons (Fsp3) is 0.409. The van der Waals surface area contributed by atoms with E-state index in [2.05, 4.69) is 37.4 Å². The summed E-state index contributed by atoms with van der Waals surface area (Å²) < 4.78 is 35.3. The van der Waals surface area contributed by atoms with Gasteiger partial charge in [0.2, 0.25) is 0 Å². The zero-order chi connectivity index (χ0) is 21.9. The molecular formula is C22H31F2IN4O2. The van der Waals surface area contributed by atoms with Crippen molar-refractivity contribution < 1.29 is 18.3 Å². The normalized spacial score (nSPS) is 11.3. The van der Waals surface area contributed by atoms with Crippen LogP contribution in [0.5, 0.6) is 11.5 Å². The molecule has 0 aliphatic carbocycles. The average Bonchev–Trinajstić information content (AvgIpc) is 2.71. The number of nitrogens with zero attached hydrogens (tertiary/aromatic N) is 2. The first-order valence-corrected chi connectivity index (χ1v) is 9.78. The number of ether oxygens (including phenoxy) is 2. The molecule has 9 heteroatoms. The number of rotatable bonds is 10. The van der Waals surface area contributed by atoms with Crippen LogP contribution >= 0.6 is 24.0 Å². The number of methoxy groups -OCH3 is 1. The van der Waals surface area contributed by atoms with Crippen molar-refractivity contribution >= 4 is 29.9 Å². The van der Waals surface area contributed by atoms with Gasteiger partial charge in [0.1, 0.15) is 11.5 Å². The third kappa shape index (κ3) is 9.26. The molecule has 0 saturated carbocycles. The molecule has 0 aromatic heterocycles. The number of benzene rings is 2. The lowest BCUT2D eigenvalue weighted by atomic mass is 10.1. The van der Waals surface area contributed by atoms with E-state index in [9.17, 15) is 8.78 Å². The van der Waals surface area contributed by atoms with Crippen LogP contribution in [0.2, 0.25) is 0 Å². The first-order chi connectivity index (χ1) is 14.4. The van der Waals surface area contributed by atoms with Gasteiger partial charge >= 0.3 is 6.61 Å². The van der Waals surface area contributed by atoms with Crippen LogP contribution in [0.25, 0.3) is 0 Å². The van der Waals surface area contributed by atoms with E-state index in [-0.39, 0.29) is 36.3 Å². The second kappa shape index (κ2) is 14.0. The Morgan fingerprint density at radius 3 is 2.39 bits per heavy atom. The first-order valence-electron chi connectivity index (χ1n) is 9.78. The zero-order valence-electron chi connectivity index (χ0n) is 18.3. The molecule has 0 aliphatic rings. The number of guanidine groups is 1. The molecule has 0 amide bonds. The quantitative estimate of drug-likeness (QED) is 0.265. The molecule has 2 aromatic carbocycles. The molecule has 2 rings (SSSR count). The maximum absolute atomic E-state index is 12.7. The molecule has 0 unspecified atom stereocenters. The van der Waals surface area contributed by atoms with Gasteiger partial charge in [-0.3, -0.25) is 0 Å². The maximum atomic E-state index is 12.7. The summed E-state index contributed by atoms with van der Waals surface area (Å²) in [5, 5.41) is 6.49. The van der Waals surface area contributed by atoms with Crippen LogP contribution in [-0.2, 0) is 19.6 Å². The summed E-state index contributed by atoms with van der Waals surface area (Å²) in [6.45, 7) is 1.32. The van der Waals surface area contributed by atoms with E-state index in [1.165, 1.54) is 24.3 Å². The van der Waals surface area contributed by atoms with Gasteiger partial charge < -0.3 is 25.0 Å². The summed E-state index contributed by atoms with van der Waals surface area (Å²) in [6, 6.07) is 12.9. The molecule has 0 atom stereocenters. The third-order valence-electron chi connectivity index (χ3n) is 4.29. The Morgan fingerprint density at radius 1 is 1.06 bits per heavy atom. The minimum Gasteiger partial charge on any atom is -0.497 e. The van der Waals surface area contributed by atoms with Crippen LogP contribution in [-0.4, -0.2) is 45.2 Å². The van der Waals surface area contributed by atoms with Crippen molar-refractivity contribution in [3.05, 3.63) is 59.2 Å². The van der Waals surface area contributed by atoms with Gasteiger partial charge in [0, 0.05) is 25.2 Å². The SMILES string of the molecule is CCNC(=NCc1cc(OC)ccc1OC(F)F)NCc1ccccc1CN(C)C.I. The fourth-order valence-electron chi connectivity index (χ4n) is 2.93. The Bertz CT molecular complexity index is 835. The Balaban J connectivity index is 0.00000480. The minimum absolute atomic E-state index is 0. The second-order valence-electron chi connectivity index (χ2n) is 6.91. The van der Waals surface area contributed by atoms with Crippen LogP contribution in [0.3, 0.4) is 0 Å². The van der Waals surface area contributed by atoms with Crippen molar-refractivity contribution in [1.29, 1.82) is 0 Å². The van der Waals surface area contributed by atoms with Crippen LogP contribution < -0.4 is 20.1 Å². The lowest BCUT2D eigenvalue weighted by Crippen LogP contribution is -2.37. The third-order valence-corrected chi connectivity index (χ3v) is 4.29. The Kier molecular flexibility index (Phi) is 12.2. The summed E-state index contributed by atoms with van der Waals surface area (Å²) in [5.74, 6) is 1.22. The Labute approximate surface area is 200 Å². The highest BCUT2D eigenvalue weighted by Gasteiger charge is 2.11. The van der Waals surface area contributed by atoms with E-state index in [0.717, 1.165) is 6.54 Å². The number of alkyl halides is 2. The molecule has 2 aromatic rings. The maximum Gasteiger partial charge on any atom is 0.387 e. The molecule has 0 bridgehead atoms. The van der Waals surface area contributed by atoms with Crippen LogP contribution in [0, 0.1) is 0 Å². The largest absolute Gasteiger partial charge is 0.497 e. The zero-order valence-corrected chi connectivity index (χ0v) is 20.7. The summed E-state index contributed by atoms with van der Waals surface area (Å²) >= 11 is 0. The van der Waals surface area contributed by atoms with Crippen molar-refractivity contribution in [2.75, 3.05) is 27.7 Å². The fourth-order valence-corrected chi connectivity index (χ4v) is 2.93. The number of hydrogen-bond donors (Lipinski definition) is 2. The summed E-state index contributed by atoms with van der Waals surface area (Å²) in [7, 11) is 5.58.